The summed E-state index contributed by atoms with van der Waals surface area (Å²) in [6.07, 6.45) is 1.85. The summed E-state index contributed by atoms with van der Waals surface area (Å²) >= 11 is 1.28. The quantitative estimate of drug-likeness (QED) is 0.778. The maximum Gasteiger partial charge on any atom is 0.335 e. The second-order valence-corrected chi connectivity index (χ2v) is 7.56. The predicted molar refractivity (Wildman–Crippen MR) is 109 cm³/mol. The van der Waals surface area contributed by atoms with Crippen LogP contribution in [0.2, 0.25) is 0 Å². The van der Waals surface area contributed by atoms with E-state index in [-0.39, 0.29) is 11.5 Å². The molecule has 2 aromatic rings. The maximum absolute atomic E-state index is 12.5. The predicted octanol–water partition coefficient (Wildman–Crippen LogP) is 4.74. The molecule has 138 valence electrons. The molecule has 27 heavy (non-hydrogen) atoms. The molecule has 1 amide bonds. The van der Waals surface area contributed by atoms with Gasteiger partial charge in [-0.2, -0.15) is 0 Å². The van der Waals surface area contributed by atoms with Gasteiger partial charge >= 0.3 is 5.97 Å². The number of aliphatic imine (C=N–C) groups is 1. The summed E-state index contributed by atoms with van der Waals surface area (Å²) in [5, 5.41) is 9.62. The number of carbonyl (C=O) groups excluding carboxylic acids is 1. The summed E-state index contributed by atoms with van der Waals surface area (Å²) in [5.74, 6) is -0.673. The summed E-state index contributed by atoms with van der Waals surface area (Å²) in [6, 6.07) is 14.5. The number of nitrogens with zero attached hydrogens (tertiary/aromatic N) is 2. The standard InChI is InChI=1S/C21H20N2O3S/c1-13(2)15-9-7-14(8-10-15)11-18-19(24)23(3)21(27-18)22-17-6-4-5-16(12-17)20(25)26/h4-13H,1-3H3,(H,25,26)/b18-11+,22-21?. The summed E-state index contributed by atoms with van der Waals surface area (Å²) in [5.41, 5.74) is 2.87. The van der Waals surface area contributed by atoms with Crippen molar-refractivity contribution in [2.24, 2.45) is 4.99 Å². The highest BCUT2D eigenvalue weighted by Gasteiger charge is 2.30. The third kappa shape index (κ3) is 4.28. The molecule has 2 aromatic carbocycles. The van der Waals surface area contributed by atoms with Crippen LogP contribution in [0.25, 0.3) is 6.08 Å². The highest BCUT2D eigenvalue weighted by Crippen LogP contribution is 2.33. The van der Waals surface area contributed by atoms with Gasteiger partial charge in [-0.05, 0) is 53.1 Å². The third-order valence-electron chi connectivity index (χ3n) is 4.22. The molecule has 0 aromatic heterocycles. The van der Waals surface area contributed by atoms with Crippen LogP contribution < -0.4 is 0 Å². The number of carbonyl (C=O) groups is 2. The van der Waals surface area contributed by atoms with Crippen LogP contribution in [0.4, 0.5) is 5.69 Å². The van der Waals surface area contributed by atoms with Crippen molar-refractivity contribution >= 4 is 40.6 Å². The van der Waals surface area contributed by atoms with E-state index in [1.807, 2.05) is 18.2 Å². The van der Waals surface area contributed by atoms with Crippen molar-refractivity contribution in [1.82, 2.24) is 4.90 Å². The van der Waals surface area contributed by atoms with Gasteiger partial charge in [-0.1, -0.05) is 44.2 Å². The zero-order chi connectivity index (χ0) is 19.6. The summed E-state index contributed by atoms with van der Waals surface area (Å²) in [7, 11) is 1.66. The molecule has 6 heteroatoms. The first-order valence-electron chi connectivity index (χ1n) is 8.55. The van der Waals surface area contributed by atoms with Crippen molar-refractivity contribution in [2.45, 2.75) is 19.8 Å². The van der Waals surface area contributed by atoms with Crippen LogP contribution in [0, 0.1) is 0 Å². The van der Waals surface area contributed by atoms with Crippen molar-refractivity contribution in [1.29, 1.82) is 0 Å². The molecule has 0 bridgehead atoms. The number of rotatable bonds is 4. The van der Waals surface area contributed by atoms with Crippen molar-refractivity contribution < 1.29 is 14.7 Å². The molecule has 0 saturated carbocycles. The summed E-state index contributed by atoms with van der Waals surface area (Å²) < 4.78 is 0. The summed E-state index contributed by atoms with van der Waals surface area (Å²) in [6.45, 7) is 4.28. The first kappa shape index (κ1) is 18.9. The lowest BCUT2D eigenvalue weighted by Crippen LogP contribution is -2.23. The molecule has 0 spiro atoms. The lowest BCUT2D eigenvalue weighted by atomic mass is 10.0. The van der Waals surface area contributed by atoms with E-state index < -0.39 is 5.97 Å². The number of hydrogen-bond acceptors (Lipinski definition) is 4. The van der Waals surface area contributed by atoms with Crippen LogP contribution in [0.3, 0.4) is 0 Å². The molecule has 3 rings (SSSR count). The molecule has 0 atom stereocenters. The Labute approximate surface area is 162 Å². The number of benzene rings is 2. The van der Waals surface area contributed by atoms with E-state index >= 15 is 0 Å². The Morgan fingerprint density at radius 1 is 1.19 bits per heavy atom. The molecule has 1 aliphatic heterocycles. The Balaban J connectivity index is 1.86. The second-order valence-electron chi connectivity index (χ2n) is 6.55. The molecular weight excluding hydrogens is 360 g/mol. The van der Waals surface area contributed by atoms with E-state index in [0.717, 1.165) is 5.56 Å². The van der Waals surface area contributed by atoms with E-state index in [4.69, 9.17) is 5.11 Å². The maximum atomic E-state index is 12.5. The molecule has 1 saturated heterocycles. The molecule has 1 heterocycles. The molecule has 0 aliphatic carbocycles. The van der Waals surface area contributed by atoms with Gasteiger partial charge in [-0.3, -0.25) is 9.69 Å². The van der Waals surface area contributed by atoms with E-state index in [1.165, 1.54) is 34.4 Å². The van der Waals surface area contributed by atoms with Gasteiger partial charge in [-0.25, -0.2) is 9.79 Å². The minimum absolute atomic E-state index is 0.124. The smallest absolute Gasteiger partial charge is 0.335 e. The Kier molecular flexibility index (Phi) is 5.46. The van der Waals surface area contributed by atoms with E-state index in [9.17, 15) is 9.59 Å². The van der Waals surface area contributed by atoms with Crippen molar-refractivity contribution in [2.75, 3.05) is 7.05 Å². The fourth-order valence-corrected chi connectivity index (χ4v) is 3.59. The highest BCUT2D eigenvalue weighted by molar-refractivity contribution is 8.18. The van der Waals surface area contributed by atoms with Crippen LogP contribution in [0.5, 0.6) is 0 Å². The molecule has 0 unspecified atom stereocenters. The number of carboxylic acids is 1. The van der Waals surface area contributed by atoms with Crippen LogP contribution in [0.1, 0.15) is 41.3 Å². The van der Waals surface area contributed by atoms with Crippen LogP contribution in [0.15, 0.2) is 58.4 Å². The number of thioether (sulfide) groups is 1. The van der Waals surface area contributed by atoms with Gasteiger partial charge in [0.15, 0.2) is 5.17 Å². The van der Waals surface area contributed by atoms with E-state index in [0.29, 0.717) is 21.7 Å². The largest absolute Gasteiger partial charge is 0.478 e. The molecule has 1 aliphatic rings. The number of amides is 1. The first-order chi connectivity index (χ1) is 12.8. The van der Waals surface area contributed by atoms with Crippen molar-refractivity contribution in [3.8, 4) is 0 Å². The number of hydrogen-bond donors (Lipinski definition) is 1. The van der Waals surface area contributed by atoms with Crippen molar-refractivity contribution in [3.63, 3.8) is 0 Å². The minimum atomic E-state index is -1.01. The van der Waals surface area contributed by atoms with Gasteiger partial charge in [0.05, 0.1) is 16.2 Å². The second kappa shape index (κ2) is 7.80. The zero-order valence-corrected chi connectivity index (χ0v) is 16.2. The van der Waals surface area contributed by atoms with Crippen LogP contribution >= 0.6 is 11.8 Å². The minimum Gasteiger partial charge on any atom is -0.478 e. The lowest BCUT2D eigenvalue weighted by molar-refractivity contribution is -0.121. The normalized spacial score (nSPS) is 17.3. The average molecular weight is 380 g/mol. The average Bonchev–Trinajstić information content (AvgIpc) is 2.90. The molecular formula is C21H20N2O3S. The van der Waals surface area contributed by atoms with Crippen molar-refractivity contribution in [3.05, 3.63) is 70.1 Å². The topological polar surface area (TPSA) is 70.0 Å². The van der Waals surface area contributed by atoms with Crippen LogP contribution in [-0.2, 0) is 4.79 Å². The van der Waals surface area contributed by atoms with Gasteiger partial charge < -0.3 is 5.11 Å². The molecule has 5 nitrogen and oxygen atoms in total. The van der Waals surface area contributed by atoms with Crippen LogP contribution in [-0.4, -0.2) is 34.1 Å². The lowest BCUT2D eigenvalue weighted by Gasteiger charge is -2.07. The van der Waals surface area contributed by atoms with Gasteiger partial charge in [0.25, 0.3) is 5.91 Å². The molecule has 0 radical (unpaired) electrons. The monoisotopic (exact) mass is 380 g/mol. The Hall–Kier alpha value is -2.86. The highest BCUT2D eigenvalue weighted by atomic mass is 32.2. The summed E-state index contributed by atoms with van der Waals surface area (Å²) in [4.78, 5) is 30.1. The Bertz CT molecular complexity index is 946. The zero-order valence-electron chi connectivity index (χ0n) is 15.3. The Morgan fingerprint density at radius 2 is 1.89 bits per heavy atom. The number of carboxylic acid groups (broad SMARTS) is 1. The number of aromatic carboxylic acids is 1. The van der Waals surface area contributed by atoms with Gasteiger partial charge in [0.2, 0.25) is 0 Å². The van der Waals surface area contributed by atoms with Gasteiger partial charge in [0, 0.05) is 7.05 Å². The fraction of sp³-hybridized carbons (Fsp3) is 0.190. The first-order valence-corrected chi connectivity index (χ1v) is 9.36. The Morgan fingerprint density at radius 3 is 2.52 bits per heavy atom. The SMILES string of the molecule is CC(C)c1ccc(/C=C2/SC(=Nc3cccc(C(=O)O)c3)N(C)C2=O)cc1. The van der Waals surface area contributed by atoms with E-state index in [1.54, 1.807) is 19.2 Å². The number of amidine groups is 1. The van der Waals surface area contributed by atoms with Gasteiger partial charge in [-0.15, -0.1) is 0 Å². The van der Waals surface area contributed by atoms with E-state index in [2.05, 4.69) is 31.0 Å². The molecule has 1 fully saturated rings. The third-order valence-corrected chi connectivity index (χ3v) is 5.28. The fourth-order valence-electron chi connectivity index (χ4n) is 2.60. The molecule has 1 N–H and O–H groups in total. The van der Waals surface area contributed by atoms with Gasteiger partial charge in [0.1, 0.15) is 0 Å². The number of likely N-dealkylation sites (N-methyl/N-ethyl adjacent to an activating group) is 1.